The van der Waals surface area contributed by atoms with Crippen LogP contribution in [-0.4, -0.2) is 35.9 Å². The van der Waals surface area contributed by atoms with Crippen LogP contribution in [0.2, 0.25) is 5.02 Å². The van der Waals surface area contributed by atoms with Gasteiger partial charge >= 0.3 is 0 Å². The normalized spacial score (nSPS) is 11.6. The molecule has 0 saturated carbocycles. The van der Waals surface area contributed by atoms with Crippen LogP contribution in [0.25, 0.3) is 0 Å². The van der Waals surface area contributed by atoms with Crippen LogP contribution in [0.15, 0.2) is 48.5 Å². The van der Waals surface area contributed by atoms with E-state index in [1.165, 1.54) is 0 Å². The highest BCUT2D eigenvalue weighted by molar-refractivity contribution is 6.32. The molecule has 2 aromatic carbocycles. The lowest BCUT2D eigenvalue weighted by Crippen LogP contribution is -2.50. The van der Waals surface area contributed by atoms with Crippen molar-refractivity contribution >= 4 is 23.4 Å². The maximum Gasteiger partial charge on any atom is 0.261 e. The summed E-state index contributed by atoms with van der Waals surface area (Å²) < 4.78 is 5.65. The predicted molar refractivity (Wildman–Crippen MR) is 116 cm³/mol. The lowest BCUT2D eigenvalue weighted by atomic mass is 10.1. The number of amides is 2. The molecule has 6 heteroatoms. The van der Waals surface area contributed by atoms with Gasteiger partial charge < -0.3 is 15.0 Å². The van der Waals surface area contributed by atoms with E-state index < -0.39 is 6.04 Å². The van der Waals surface area contributed by atoms with E-state index in [1.807, 2.05) is 45.0 Å². The molecule has 0 aromatic heterocycles. The first-order valence-corrected chi connectivity index (χ1v) is 10.3. The molecule has 0 saturated heterocycles. The first kappa shape index (κ1) is 22.8. The maximum atomic E-state index is 13.1. The number of hydrogen-bond acceptors (Lipinski definition) is 3. The Morgan fingerprint density at radius 2 is 1.79 bits per heavy atom. The van der Waals surface area contributed by atoms with E-state index in [0.29, 0.717) is 30.3 Å². The fourth-order valence-electron chi connectivity index (χ4n) is 3.04. The van der Waals surface area contributed by atoms with Crippen molar-refractivity contribution in [3.05, 3.63) is 64.7 Å². The number of benzene rings is 2. The average Bonchev–Trinajstić information content (AvgIpc) is 2.72. The number of halogens is 1. The number of nitrogens with zero attached hydrogens (tertiary/aromatic N) is 1. The lowest BCUT2D eigenvalue weighted by Gasteiger charge is -2.31. The Balaban J connectivity index is 2.22. The molecule has 2 aromatic rings. The summed E-state index contributed by atoms with van der Waals surface area (Å²) >= 11 is 6.12. The zero-order valence-electron chi connectivity index (χ0n) is 17.3. The highest BCUT2D eigenvalue weighted by Gasteiger charge is 2.29. The number of para-hydroxylation sites is 1. The van der Waals surface area contributed by atoms with Crippen molar-refractivity contribution in [2.45, 2.75) is 46.2 Å². The molecule has 0 aliphatic heterocycles. The van der Waals surface area contributed by atoms with Gasteiger partial charge in [0, 0.05) is 13.1 Å². The second-order valence-electron chi connectivity index (χ2n) is 6.88. The van der Waals surface area contributed by atoms with E-state index in [2.05, 4.69) is 5.32 Å². The van der Waals surface area contributed by atoms with Crippen LogP contribution in [0.5, 0.6) is 5.75 Å². The molecular formula is C23H29ClN2O3. The smallest absolute Gasteiger partial charge is 0.261 e. The predicted octanol–water partition coefficient (Wildman–Crippen LogP) is 4.36. The van der Waals surface area contributed by atoms with E-state index in [1.54, 1.807) is 29.2 Å². The largest absolute Gasteiger partial charge is 0.482 e. The summed E-state index contributed by atoms with van der Waals surface area (Å²) in [6, 6.07) is 14.3. The van der Waals surface area contributed by atoms with Gasteiger partial charge in [-0.25, -0.2) is 0 Å². The summed E-state index contributed by atoms with van der Waals surface area (Å²) in [4.78, 5) is 27.4. The van der Waals surface area contributed by atoms with Gasteiger partial charge in [0.05, 0.1) is 5.02 Å². The summed E-state index contributed by atoms with van der Waals surface area (Å²) in [5.74, 6) is 0.0440. The highest BCUT2D eigenvalue weighted by Crippen LogP contribution is 2.23. The van der Waals surface area contributed by atoms with Gasteiger partial charge in [0.1, 0.15) is 11.8 Å². The fourth-order valence-corrected chi connectivity index (χ4v) is 3.23. The van der Waals surface area contributed by atoms with E-state index in [-0.39, 0.29) is 18.4 Å². The number of carbonyl (C=O) groups excluding carboxylic acids is 2. The average molecular weight is 417 g/mol. The minimum atomic E-state index is -0.566. The second kappa shape index (κ2) is 11.5. The minimum Gasteiger partial charge on any atom is -0.482 e. The molecule has 0 radical (unpaired) electrons. The van der Waals surface area contributed by atoms with Gasteiger partial charge in [0.15, 0.2) is 6.61 Å². The number of rotatable bonds is 10. The Kier molecular flexibility index (Phi) is 9.00. The lowest BCUT2D eigenvalue weighted by molar-refractivity contribution is -0.143. The van der Waals surface area contributed by atoms with Crippen molar-refractivity contribution in [3.63, 3.8) is 0 Å². The zero-order valence-corrected chi connectivity index (χ0v) is 18.0. The first-order chi connectivity index (χ1) is 14.0. The van der Waals surface area contributed by atoms with Gasteiger partial charge in [-0.3, -0.25) is 9.59 Å². The molecular weight excluding hydrogens is 388 g/mol. The van der Waals surface area contributed by atoms with E-state index in [0.717, 1.165) is 17.5 Å². The molecule has 0 aliphatic carbocycles. The van der Waals surface area contributed by atoms with Crippen LogP contribution >= 0.6 is 11.6 Å². The standard InChI is InChI=1S/C23H29ClN2O3/c1-4-14-25-23(28)20(5-2)26(15-18-11-7-6-10-17(18)3)22(27)16-29-21-13-9-8-12-19(21)24/h6-13,20H,4-5,14-16H2,1-3H3,(H,25,28)/t20-/m0/s1. The first-order valence-electron chi connectivity index (χ1n) is 9.96. The Morgan fingerprint density at radius 1 is 1.10 bits per heavy atom. The minimum absolute atomic E-state index is 0.144. The Hall–Kier alpha value is -2.53. The third kappa shape index (κ3) is 6.50. The van der Waals surface area contributed by atoms with Gasteiger partial charge in [-0.2, -0.15) is 0 Å². The van der Waals surface area contributed by atoms with Crippen molar-refractivity contribution in [1.29, 1.82) is 0 Å². The summed E-state index contributed by atoms with van der Waals surface area (Å²) in [6.45, 7) is 6.63. The summed E-state index contributed by atoms with van der Waals surface area (Å²) in [5, 5.41) is 3.35. The number of nitrogens with one attached hydrogen (secondary N) is 1. The molecule has 5 nitrogen and oxygen atoms in total. The number of hydrogen-bond donors (Lipinski definition) is 1. The van der Waals surface area contributed by atoms with Crippen LogP contribution in [0.1, 0.15) is 37.8 Å². The molecule has 0 bridgehead atoms. The third-order valence-electron chi connectivity index (χ3n) is 4.72. The Bertz CT molecular complexity index is 825. The van der Waals surface area contributed by atoms with E-state index in [4.69, 9.17) is 16.3 Å². The molecule has 0 aliphatic rings. The van der Waals surface area contributed by atoms with E-state index in [9.17, 15) is 9.59 Å². The second-order valence-corrected chi connectivity index (χ2v) is 7.29. The molecule has 2 amide bonds. The van der Waals surface area contributed by atoms with Gasteiger partial charge in [-0.05, 0) is 43.0 Å². The van der Waals surface area contributed by atoms with Crippen LogP contribution in [-0.2, 0) is 16.1 Å². The summed E-state index contributed by atoms with van der Waals surface area (Å²) in [7, 11) is 0. The van der Waals surface area contributed by atoms with Crippen molar-refractivity contribution in [1.82, 2.24) is 10.2 Å². The van der Waals surface area contributed by atoms with Crippen molar-refractivity contribution in [2.24, 2.45) is 0 Å². The Labute approximate surface area is 178 Å². The quantitative estimate of drug-likeness (QED) is 0.626. The number of carbonyl (C=O) groups is 2. The maximum absolute atomic E-state index is 13.1. The zero-order chi connectivity index (χ0) is 21.2. The van der Waals surface area contributed by atoms with Gasteiger partial charge in [-0.1, -0.05) is 61.8 Å². The molecule has 1 N–H and O–H groups in total. The molecule has 29 heavy (non-hydrogen) atoms. The van der Waals surface area contributed by atoms with Crippen molar-refractivity contribution < 1.29 is 14.3 Å². The molecule has 0 spiro atoms. The Morgan fingerprint density at radius 3 is 2.45 bits per heavy atom. The molecule has 1 atom stereocenters. The van der Waals surface area contributed by atoms with Crippen LogP contribution in [0.3, 0.4) is 0 Å². The van der Waals surface area contributed by atoms with Crippen molar-refractivity contribution in [3.8, 4) is 5.75 Å². The molecule has 0 unspecified atom stereocenters. The van der Waals surface area contributed by atoms with Gasteiger partial charge in [0.25, 0.3) is 5.91 Å². The topological polar surface area (TPSA) is 58.6 Å². The fraction of sp³-hybridized carbons (Fsp3) is 0.391. The number of aryl methyl sites for hydroxylation is 1. The monoisotopic (exact) mass is 416 g/mol. The van der Waals surface area contributed by atoms with Crippen LogP contribution in [0, 0.1) is 6.92 Å². The SMILES string of the molecule is CCCNC(=O)[C@H](CC)N(Cc1ccccc1C)C(=O)COc1ccccc1Cl. The summed E-state index contributed by atoms with van der Waals surface area (Å²) in [6.07, 6.45) is 1.35. The third-order valence-corrected chi connectivity index (χ3v) is 5.04. The summed E-state index contributed by atoms with van der Waals surface area (Å²) in [5.41, 5.74) is 2.07. The molecule has 0 fully saturated rings. The highest BCUT2D eigenvalue weighted by atomic mass is 35.5. The van der Waals surface area contributed by atoms with Crippen LogP contribution in [0.4, 0.5) is 0 Å². The molecule has 2 rings (SSSR count). The van der Waals surface area contributed by atoms with Gasteiger partial charge in [-0.15, -0.1) is 0 Å². The van der Waals surface area contributed by atoms with Gasteiger partial charge in [0.2, 0.25) is 5.91 Å². The van der Waals surface area contributed by atoms with Crippen molar-refractivity contribution in [2.75, 3.05) is 13.2 Å². The number of ether oxygens (including phenoxy) is 1. The van der Waals surface area contributed by atoms with Crippen LogP contribution < -0.4 is 10.1 Å². The molecule has 156 valence electrons. The van der Waals surface area contributed by atoms with E-state index >= 15 is 0 Å². The molecule has 0 heterocycles.